The Labute approximate surface area is 201 Å². The number of methoxy groups -OCH3 is 1. The maximum Gasteiger partial charge on any atom is 0.338 e. The monoisotopic (exact) mass is 470 g/mol. The Morgan fingerprint density at radius 1 is 1.03 bits per heavy atom. The number of esters is 1. The number of amides is 1. The first-order valence-electron chi connectivity index (χ1n) is 10.8. The lowest BCUT2D eigenvalue weighted by Crippen LogP contribution is -2.23. The van der Waals surface area contributed by atoms with Gasteiger partial charge in [0.15, 0.2) is 0 Å². The van der Waals surface area contributed by atoms with Gasteiger partial charge in [-0.2, -0.15) is 5.10 Å². The molecule has 0 saturated heterocycles. The molecular weight excluding hydrogens is 448 g/mol. The molecule has 9 heteroatoms. The van der Waals surface area contributed by atoms with Crippen LogP contribution in [0, 0.1) is 10.1 Å². The van der Waals surface area contributed by atoms with Gasteiger partial charge in [-0.05, 0) is 34.4 Å². The molecule has 1 N–H and O–H groups in total. The molecule has 4 rings (SSSR count). The molecule has 0 aliphatic rings. The number of aromatic nitrogens is 2. The highest BCUT2D eigenvalue weighted by Crippen LogP contribution is 2.25. The Bertz CT molecular complexity index is 1370. The average Bonchev–Trinajstić information content (AvgIpc) is 3.40. The highest BCUT2D eigenvalue weighted by Gasteiger charge is 2.18. The van der Waals surface area contributed by atoms with Gasteiger partial charge < -0.3 is 10.1 Å². The quantitative estimate of drug-likeness (QED) is 0.234. The third-order valence-corrected chi connectivity index (χ3v) is 5.44. The zero-order valence-electron chi connectivity index (χ0n) is 18.9. The summed E-state index contributed by atoms with van der Waals surface area (Å²) in [6.07, 6.45) is 3.64. The topological polar surface area (TPSA) is 116 Å². The highest BCUT2D eigenvalue weighted by atomic mass is 16.6. The van der Waals surface area contributed by atoms with E-state index in [0.29, 0.717) is 6.54 Å². The minimum absolute atomic E-state index is 0.0000514. The van der Waals surface area contributed by atoms with E-state index in [0.717, 1.165) is 34.4 Å². The van der Waals surface area contributed by atoms with Crippen molar-refractivity contribution >= 4 is 17.6 Å². The molecule has 1 amide bonds. The standard InChI is InChI=1S/C26H22N4O5/c1-35-26(32)22-13-21(14-23(15-22)30(33)34)25(31)27-16-20-5-2-3-6-24(20)19-9-7-18(8-10-19)17-29-12-4-11-28-29/h2-15H,16-17H2,1H3,(H,27,31). The fraction of sp³-hybridized carbons (Fsp3) is 0.115. The highest BCUT2D eigenvalue weighted by molar-refractivity contribution is 5.99. The Morgan fingerprint density at radius 2 is 1.77 bits per heavy atom. The van der Waals surface area contributed by atoms with E-state index in [1.165, 1.54) is 13.2 Å². The van der Waals surface area contributed by atoms with Crippen molar-refractivity contribution in [2.24, 2.45) is 0 Å². The summed E-state index contributed by atoms with van der Waals surface area (Å²) in [4.78, 5) is 35.3. The van der Waals surface area contributed by atoms with Crippen LogP contribution < -0.4 is 5.32 Å². The molecule has 1 heterocycles. The molecule has 3 aromatic carbocycles. The van der Waals surface area contributed by atoms with Crippen molar-refractivity contribution in [3.8, 4) is 11.1 Å². The van der Waals surface area contributed by atoms with Crippen LogP contribution in [0.25, 0.3) is 11.1 Å². The van der Waals surface area contributed by atoms with Gasteiger partial charge in [0.25, 0.3) is 11.6 Å². The minimum atomic E-state index is -0.760. The number of non-ortho nitro benzene ring substituents is 1. The van der Waals surface area contributed by atoms with Gasteiger partial charge in [0.05, 0.1) is 24.1 Å². The number of benzene rings is 3. The van der Waals surface area contributed by atoms with E-state index in [2.05, 4.69) is 15.2 Å². The van der Waals surface area contributed by atoms with Gasteiger partial charge in [0.1, 0.15) is 0 Å². The first kappa shape index (κ1) is 23.4. The largest absolute Gasteiger partial charge is 0.465 e. The lowest BCUT2D eigenvalue weighted by atomic mass is 9.98. The van der Waals surface area contributed by atoms with Crippen molar-refractivity contribution in [2.75, 3.05) is 7.11 Å². The number of carbonyl (C=O) groups excluding carboxylic acids is 2. The summed E-state index contributed by atoms with van der Waals surface area (Å²) < 4.78 is 6.48. The van der Waals surface area contributed by atoms with E-state index in [-0.39, 0.29) is 23.4 Å². The Hall–Kier alpha value is -4.79. The lowest BCUT2D eigenvalue weighted by Gasteiger charge is -2.12. The molecule has 4 aromatic rings. The maximum absolute atomic E-state index is 12.8. The first-order valence-corrected chi connectivity index (χ1v) is 10.8. The van der Waals surface area contributed by atoms with Crippen LogP contribution in [0.1, 0.15) is 31.8 Å². The summed E-state index contributed by atoms with van der Waals surface area (Å²) >= 11 is 0. The van der Waals surface area contributed by atoms with Gasteiger partial charge in [0, 0.05) is 36.6 Å². The Balaban J connectivity index is 1.51. The fourth-order valence-electron chi connectivity index (χ4n) is 3.69. The minimum Gasteiger partial charge on any atom is -0.465 e. The number of hydrogen-bond acceptors (Lipinski definition) is 6. The number of carbonyl (C=O) groups is 2. The second-order valence-electron chi connectivity index (χ2n) is 7.76. The number of hydrogen-bond donors (Lipinski definition) is 1. The van der Waals surface area contributed by atoms with Crippen LogP contribution in [-0.4, -0.2) is 33.7 Å². The lowest BCUT2D eigenvalue weighted by molar-refractivity contribution is -0.384. The number of ether oxygens (including phenoxy) is 1. The number of rotatable bonds is 8. The predicted octanol–water partition coefficient (Wildman–Crippen LogP) is 4.22. The molecule has 0 aliphatic heterocycles. The van der Waals surface area contributed by atoms with E-state index in [1.807, 2.05) is 65.5 Å². The molecule has 0 radical (unpaired) electrons. The second kappa shape index (κ2) is 10.4. The zero-order chi connectivity index (χ0) is 24.8. The van der Waals surface area contributed by atoms with E-state index < -0.39 is 16.8 Å². The maximum atomic E-state index is 12.8. The summed E-state index contributed by atoms with van der Waals surface area (Å²) in [5.41, 5.74) is 3.49. The van der Waals surface area contributed by atoms with E-state index >= 15 is 0 Å². The molecule has 0 spiro atoms. The Kier molecular flexibility index (Phi) is 6.96. The molecule has 0 aliphatic carbocycles. The Morgan fingerprint density at radius 3 is 2.46 bits per heavy atom. The molecule has 0 atom stereocenters. The van der Waals surface area contributed by atoms with Crippen LogP contribution >= 0.6 is 0 Å². The summed E-state index contributed by atoms with van der Waals surface area (Å²) in [7, 11) is 1.17. The molecule has 0 bridgehead atoms. The number of nitro groups is 1. The molecule has 0 unspecified atom stereocenters. The number of nitrogens with zero attached hydrogens (tertiary/aromatic N) is 3. The van der Waals surface area contributed by atoms with Crippen LogP contribution in [0.15, 0.2) is 85.2 Å². The van der Waals surface area contributed by atoms with E-state index in [1.54, 1.807) is 6.20 Å². The van der Waals surface area contributed by atoms with Crippen molar-refractivity contribution in [3.05, 3.63) is 118 Å². The van der Waals surface area contributed by atoms with Gasteiger partial charge in [-0.15, -0.1) is 0 Å². The molecule has 35 heavy (non-hydrogen) atoms. The third-order valence-electron chi connectivity index (χ3n) is 5.44. The molecular formula is C26H22N4O5. The van der Waals surface area contributed by atoms with Crippen LogP contribution in [0.5, 0.6) is 0 Å². The second-order valence-corrected chi connectivity index (χ2v) is 7.76. The molecule has 1 aromatic heterocycles. The van der Waals surface area contributed by atoms with Gasteiger partial charge in [0.2, 0.25) is 0 Å². The zero-order valence-corrected chi connectivity index (χ0v) is 18.9. The summed E-state index contributed by atoms with van der Waals surface area (Å²) in [5.74, 6) is -1.30. The average molecular weight is 470 g/mol. The number of nitro benzene ring substituents is 1. The molecule has 176 valence electrons. The predicted molar refractivity (Wildman–Crippen MR) is 129 cm³/mol. The summed E-state index contributed by atoms with van der Waals surface area (Å²) in [6.45, 7) is 0.863. The van der Waals surface area contributed by atoms with Crippen LogP contribution in [0.2, 0.25) is 0 Å². The first-order chi connectivity index (χ1) is 16.9. The van der Waals surface area contributed by atoms with Crippen molar-refractivity contribution in [3.63, 3.8) is 0 Å². The SMILES string of the molecule is COC(=O)c1cc(C(=O)NCc2ccccc2-c2ccc(Cn3cccn3)cc2)cc([N+](=O)[O-])c1. The normalized spacial score (nSPS) is 10.5. The van der Waals surface area contributed by atoms with Crippen LogP contribution in [0.3, 0.4) is 0 Å². The molecule has 0 fully saturated rings. The van der Waals surface area contributed by atoms with Gasteiger partial charge >= 0.3 is 5.97 Å². The van der Waals surface area contributed by atoms with E-state index in [9.17, 15) is 19.7 Å². The van der Waals surface area contributed by atoms with Crippen LogP contribution in [0.4, 0.5) is 5.69 Å². The summed E-state index contributed by atoms with van der Waals surface area (Å²) in [6, 6.07) is 21.1. The van der Waals surface area contributed by atoms with Crippen molar-refractivity contribution < 1.29 is 19.2 Å². The van der Waals surface area contributed by atoms with Crippen LogP contribution in [-0.2, 0) is 17.8 Å². The fourth-order valence-corrected chi connectivity index (χ4v) is 3.69. The molecule has 0 saturated carbocycles. The van der Waals surface area contributed by atoms with Crippen molar-refractivity contribution in [1.29, 1.82) is 0 Å². The van der Waals surface area contributed by atoms with Gasteiger partial charge in [-0.1, -0.05) is 48.5 Å². The third kappa shape index (κ3) is 5.59. The smallest absolute Gasteiger partial charge is 0.338 e. The van der Waals surface area contributed by atoms with Gasteiger partial charge in [-0.3, -0.25) is 19.6 Å². The summed E-state index contributed by atoms with van der Waals surface area (Å²) in [5, 5.41) is 18.3. The molecule has 9 nitrogen and oxygen atoms in total. The van der Waals surface area contributed by atoms with Gasteiger partial charge in [-0.25, -0.2) is 4.79 Å². The van der Waals surface area contributed by atoms with E-state index in [4.69, 9.17) is 0 Å². The van der Waals surface area contributed by atoms with Crippen molar-refractivity contribution in [2.45, 2.75) is 13.1 Å². The number of nitrogens with one attached hydrogen (secondary N) is 1. The van der Waals surface area contributed by atoms with Crippen molar-refractivity contribution in [1.82, 2.24) is 15.1 Å².